The van der Waals surface area contributed by atoms with Crippen LogP contribution in [0.5, 0.6) is 0 Å². The molecule has 0 saturated carbocycles. The number of likely N-dealkylation sites (tertiary alicyclic amines) is 1. The second kappa shape index (κ2) is 3.67. The molecule has 1 fully saturated rings. The highest BCUT2D eigenvalue weighted by Crippen LogP contribution is 2.10. The average Bonchev–Trinajstić information content (AvgIpc) is 2.59. The Labute approximate surface area is 72.0 Å². The minimum absolute atomic E-state index is 0.955. The van der Waals surface area contributed by atoms with Crippen LogP contribution in [0.2, 0.25) is 0 Å². The number of aromatic amines is 1. The van der Waals surface area contributed by atoms with Crippen LogP contribution in [-0.2, 0) is 6.54 Å². The van der Waals surface area contributed by atoms with E-state index in [1.807, 2.05) is 0 Å². The van der Waals surface area contributed by atoms with Gasteiger partial charge in [-0.15, -0.1) is 0 Å². The second-order valence-electron chi connectivity index (χ2n) is 3.30. The molecule has 0 radical (unpaired) electrons. The fourth-order valence-electron chi connectivity index (χ4n) is 1.65. The fraction of sp³-hybridized carbons (Fsp3) is 0.750. The van der Waals surface area contributed by atoms with Crippen molar-refractivity contribution < 1.29 is 0 Å². The molecule has 66 valence electrons. The Kier molecular flexibility index (Phi) is 2.36. The molecule has 0 atom stereocenters. The number of hydrogen-bond acceptors (Lipinski definition) is 3. The predicted molar refractivity (Wildman–Crippen MR) is 45.5 cm³/mol. The molecule has 1 aromatic rings. The molecule has 1 aliphatic rings. The number of nitrogens with one attached hydrogen (secondary N) is 1. The number of hydrogen-bond donors (Lipinski definition) is 1. The van der Waals surface area contributed by atoms with Crippen LogP contribution in [0.15, 0.2) is 6.20 Å². The van der Waals surface area contributed by atoms with E-state index in [1.165, 1.54) is 32.4 Å². The highest BCUT2D eigenvalue weighted by molar-refractivity contribution is 4.90. The quantitative estimate of drug-likeness (QED) is 0.706. The van der Waals surface area contributed by atoms with Crippen molar-refractivity contribution in [3.63, 3.8) is 0 Å². The van der Waals surface area contributed by atoms with E-state index in [2.05, 4.69) is 20.3 Å². The van der Waals surface area contributed by atoms with Gasteiger partial charge in [0, 0.05) is 6.54 Å². The zero-order valence-corrected chi connectivity index (χ0v) is 7.16. The summed E-state index contributed by atoms with van der Waals surface area (Å²) in [6.45, 7) is 3.39. The summed E-state index contributed by atoms with van der Waals surface area (Å²) in [6.07, 6.45) is 5.85. The molecule has 1 aliphatic heterocycles. The minimum Gasteiger partial charge on any atom is -0.297 e. The molecule has 0 bridgehead atoms. The molecule has 4 heteroatoms. The SMILES string of the molecule is c1n[nH]nc1CN1CCCCC1. The van der Waals surface area contributed by atoms with E-state index in [-0.39, 0.29) is 0 Å². The van der Waals surface area contributed by atoms with E-state index in [0.29, 0.717) is 0 Å². The van der Waals surface area contributed by atoms with Gasteiger partial charge in [-0.2, -0.15) is 15.4 Å². The Morgan fingerprint density at radius 1 is 1.33 bits per heavy atom. The lowest BCUT2D eigenvalue weighted by atomic mass is 10.1. The van der Waals surface area contributed by atoms with Crippen molar-refractivity contribution in [2.45, 2.75) is 25.8 Å². The summed E-state index contributed by atoms with van der Waals surface area (Å²) < 4.78 is 0. The van der Waals surface area contributed by atoms with Crippen LogP contribution < -0.4 is 0 Å². The molecule has 1 aromatic heterocycles. The Morgan fingerprint density at radius 3 is 2.83 bits per heavy atom. The maximum atomic E-state index is 4.03. The largest absolute Gasteiger partial charge is 0.297 e. The molecule has 2 rings (SSSR count). The first-order valence-corrected chi connectivity index (χ1v) is 4.52. The predicted octanol–water partition coefficient (Wildman–Crippen LogP) is 0.791. The number of nitrogens with zero attached hydrogens (tertiary/aromatic N) is 3. The molecule has 0 amide bonds. The molecule has 4 nitrogen and oxygen atoms in total. The molecule has 0 unspecified atom stereocenters. The summed E-state index contributed by atoms with van der Waals surface area (Å²) in [5.41, 5.74) is 1.05. The van der Waals surface area contributed by atoms with Crippen LogP contribution in [0.25, 0.3) is 0 Å². The van der Waals surface area contributed by atoms with E-state index in [1.54, 1.807) is 6.20 Å². The number of H-pyrrole nitrogens is 1. The van der Waals surface area contributed by atoms with Crippen LogP contribution in [0.3, 0.4) is 0 Å². The van der Waals surface area contributed by atoms with Gasteiger partial charge in [0.05, 0.1) is 11.9 Å². The Bertz CT molecular complexity index is 213. The Balaban J connectivity index is 1.86. The highest BCUT2D eigenvalue weighted by Gasteiger charge is 2.10. The molecule has 1 saturated heterocycles. The van der Waals surface area contributed by atoms with Crippen LogP contribution in [-0.4, -0.2) is 33.4 Å². The first-order valence-electron chi connectivity index (χ1n) is 4.52. The zero-order chi connectivity index (χ0) is 8.23. The topological polar surface area (TPSA) is 44.8 Å². The summed E-state index contributed by atoms with van der Waals surface area (Å²) in [4.78, 5) is 2.43. The van der Waals surface area contributed by atoms with E-state index in [9.17, 15) is 0 Å². The van der Waals surface area contributed by atoms with Crippen molar-refractivity contribution in [2.75, 3.05) is 13.1 Å². The molecule has 2 heterocycles. The number of piperidine rings is 1. The lowest BCUT2D eigenvalue weighted by Crippen LogP contribution is -2.29. The van der Waals surface area contributed by atoms with Crippen molar-refractivity contribution in [1.29, 1.82) is 0 Å². The Morgan fingerprint density at radius 2 is 2.17 bits per heavy atom. The van der Waals surface area contributed by atoms with Crippen molar-refractivity contribution in [3.8, 4) is 0 Å². The summed E-state index contributed by atoms with van der Waals surface area (Å²) in [6, 6.07) is 0. The molecule has 0 spiro atoms. The van der Waals surface area contributed by atoms with E-state index in [0.717, 1.165) is 12.2 Å². The normalized spacial score (nSPS) is 19.7. The number of rotatable bonds is 2. The van der Waals surface area contributed by atoms with Crippen LogP contribution >= 0.6 is 0 Å². The van der Waals surface area contributed by atoms with Crippen molar-refractivity contribution in [1.82, 2.24) is 20.3 Å². The van der Waals surface area contributed by atoms with Crippen molar-refractivity contribution >= 4 is 0 Å². The third kappa shape index (κ3) is 1.82. The van der Waals surface area contributed by atoms with Crippen molar-refractivity contribution in [3.05, 3.63) is 11.9 Å². The maximum absolute atomic E-state index is 4.03. The number of aromatic nitrogens is 3. The summed E-state index contributed by atoms with van der Waals surface area (Å²) in [5.74, 6) is 0. The van der Waals surface area contributed by atoms with Gasteiger partial charge in [-0.05, 0) is 25.9 Å². The van der Waals surface area contributed by atoms with E-state index < -0.39 is 0 Å². The third-order valence-electron chi connectivity index (χ3n) is 2.30. The molecule has 0 aliphatic carbocycles. The minimum atomic E-state index is 0.955. The van der Waals surface area contributed by atoms with E-state index >= 15 is 0 Å². The smallest absolute Gasteiger partial charge is 0.0964 e. The first-order chi connectivity index (χ1) is 5.95. The van der Waals surface area contributed by atoms with Gasteiger partial charge in [0.15, 0.2) is 0 Å². The van der Waals surface area contributed by atoms with Gasteiger partial charge in [0.25, 0.3) is 0 Å². The van der Waals surface area contributed by atoms with Gasteiger partial charge in [-0.3, -0.25) is 4.90 Å². The second-order valence-corrected chi connectivity index (χ2v) is 3.30. The third-order valence-corrected chi connectivity index (χ3v) is 2.30. The van der Waals surface area contributed by atoms with Gasteiger partial charge >= 0.3 is 0 Å². The summed E-state index contributed by atoms with van der Waals surface area (Å²) >= 11 is 0. The average molecular weight is 166 g/mol. The Hall–Kier alpha value is -0.900. The molecule has 0 aromatic carbocycles. The van der Waals surface area contributed by atoms with Gasteiger partial charge in [-0.25, -0.2) is 0 Å². The molecular weight excluding hydrogens is 152 g/mol. The van der Waals surface area contributed by atoms with E-state index in [4.69, 9.17) is 0 Å². The lowest BCUT2D eigenvalue weighted by Gasteiger charge is -2.25. The first kappa shape index (κ1) is 7.73. The summed E-state index contributed by atoms with van der Waals surface area (Å²) in [5, 5.41) is 10.5. The van der Waals surface area contributed by atoms with Crippen LogP contribution in [0.1, 0.15) is 25.0 Å². The van der Waals surface area contributed by atoms with Crippen molar-refractivity contribution in [2.24, 2.45) is 0 Å². The van der Waals surface area contributed by atoms with Gasteiger partial charge in [-0.1, -0.05) is 6.42 Å². The highest BCUT2D eigenvalue weighted by atomic mass is 15.3. The fourth-order valence-corrected chi connectivity index (χ4v) is 1.65. The monoisotopic (exact) mass is 166 g/mol. The molecular formula is C8H14N4. The standard InChI is InChI=1S/C8H14N4/c1-2-4-12(5-3-1)7-8-6-9-11-10-8/h6H,1-5,7H2,(H,9,10,11). The van der Waals surface area contributed by atoms with Crippen LogP contribution in [0, 0.1) is 0 Å². The lowest BCUT2D eigenvalue weighted by molar-refractivity contribution is 0.218. The van der Waals surface area contributed by atoms with Gasteiger partial charge in [0.1, 0.15) is 0 Å². The van der Waals surface area contributed by atoms with Gasteiger partial charge < -0.3 is 0 Å². The van der Waals surface area contributed by atoms with Crippen LogP contribution in [0.4, 0.5) is 0 Å². The molecule has 1 N–H and O–H groups in total. The zero-order valence-electron chi connectivity index (χ0n) is 7.16. The maximum Gasteiger partial charge on any atom is 0.0964 e. The van der Waals surface area contributed by atoms with Gasteiger partial charge in [0.2, 0.25) is 0 Å². The summed E-state index contributed by atoms with van der Waals surface area (Å²) in [7, 11) is 0. The molecule has 12 heavy (non-hydrogen) atoms.